The zero-order chi connectivity index (χ0) is 18.5. The summed E-state index contributed by atoms with van der Waals surface area (Å²) in [5.74, 6) is -1.63. The number of ether oxygens (including phenoxy) is 1. The number of aromatic nitrogens is 1. The van der Waals surface area contributed by atoms with E-state index in [1.54, 1.807) is 6.07 Å². The third-order valence-electron chi connectivity index (χ3n) is 3.69. The van der Waals surface area contributed by atoms with Crippen LogP contribution in [0.1, 0.15) is 18.4 Å². The topological polar surface area (TPSA) is 68.3 Å². The predicted octanol–water partition coefficient (Wildman–Crippen LogP) is 3.94. The lowest BCUT2D eigenvalue weighted by atomic mass is 10.2. The molecule has 2 aromatic carbocycles. The molecule has 3 rings (SSSR count). The van der Waals surface area contributed by atoms with E-state index in [1.807, 2.05) is 24.3 Å². The van der Waals surface area contributed by atoms with Gasteiger partial charge in [0.05, 0.1) is 27.3 Å². The number of esters is 1. The third-order valence-corrected chi connectivity index (χ3v) is 4.79. The summed E-state index contributed by atoms with van der Waals surface area (Å²) < 4.78 is 19.7. The van der Waals surface area contributed by atoms with Gasteiger partial charge in [-0.2, -0.15) is 0 Å². The van der Waals surface area contributed by atoms with Crippen molar-refractivity contribution < 1.29 is 18.7 Å². The number of nitrogens with zero attached hydrogens (tertiary/aromatic N) is 1. The van der Waals surface area contributed by atoms with Crippen LogP contribution in [0.3, 0.4) is 0 Å². The van der Waals surface area contributed by atoms with Gasteiger partial charge in [-0.1, -0.05) is 24.3 Å². The van der Waals surface area contributed by atoms with Crippen molar-refractivity contribution in [3.8, 4) is 0 Å². The van der Waals surface area contributed by atoms with Crippen LogP contribution in [-0.4, -0.2) is 23.0 Å². The van der Waals surface area contributed by atoms with Gasteiger partial charge in [0, 0.05) is 6.42 Å². The van der Waals surface area contributed by atoms with Crippen LogP contribution >= 0.6 is 11.3 Å². The summed E-state index contributed by atoms with van der Waals surface area (Å²) in [4.78, 5) is 28.4. The van der Waals surface area contributed by atoms with Crippen LogP contribution in [0, 0.1) is 5.82 Å². The highest BCUT2D eigenvalue weighted by molar-refractivity contribution is 7.18. The Bertz CT molecular complexity index is 908. The van der Waals surface area contributed by atoms with Crippen molar-refractivity contribution in [2.75, 3.05) is 5.32 Å². The van der Waals surface area contributed by atoms with E-state index in [2.05, 4.69) is 10.3 Å². The fourth-order valence-corrected chi connectivity index (χ4v) is 3.31. The molecule has 1 N–H and O–H groups in total. The van der Waals surface area contributed by atoms with Crippen LogP contribution in [0.15, 0.2) is 48.5 Å². The SMILES string of the molecule is C[C@@H](OC(=O)CCc1nc2ccccc2s1)C(=O)Nc1ccccc1F. The van der Waals surface area contributed by atoms with Crippen LogP contribution in [0.4, 0.5) is 10.1 Å². The summed E-state index contributed by atoms with van der Waals surface area (Å²) in [6, 6.07) is 13.6. The minimum Gasteiger partial charge on any atom is -0.453 e. The molecule has 3 aromatic rings. The first-order chi connectivity index (χ1) is 12.5. The molecular weight excluding hydrogens is 355 g/mol. The molecule has 1 atom stereocenters. The van der Waals surface area contributed by atoms with E-state index in [9.17, 15) is 14.0 Å². The standard InChI is InChI=1S/C19H17FN2O3S/c1-12(19(24)22-14-7-3-2-6-13(14)20)25-18(23)11-10-17-21-15-8-4-5-9-16(15)26-17/h2-9,12H,10-11H2,1H3,(H,22,24)/t12-/m1/s1. The molecule has 1 aromatic heterocycles. The van der Waals surface area contributed by atoms with Gasteiger partial charge < -0.3 is 10.1 Å². The number of para-hydroxylation sites is 2. The van der Waals surface area contributed by atoms with Gasteiger partial charge in [-0.25, -0.2) is 9.37 Å². The Morgan fingerprint density at radius 1 is 1.19 bits per heavy atom. The molecule has 0 bridgehead atoms. The van der Waals surface area contributed by atoms with Crippen molar-refractivity contribution in [3.05, 3.63) is 59.4 Å². The largest absolute Gasteiger partial charge is 0.453 e. The lowest BCUT2D eigenvalue weighted by molar-refractivity contribution is -0.153. The number of rotatable bonds is 6. The number of aryl methyl sites for hydroxylation is 1. The Kier molecular flexibility index (Phi) is 5.58. The summed E-state index contributed by atoms with van der Waals surface area (Å²) in [5.41, 5.74) is 0.952. The number of carbonyl (C=O) groups excluding carboxylic acids is 2. The van der Waals surface area contributed by atoms with E-state index >= 15 is 0 Å². The molecule has 0 unspecified atom stereocenters. The van der Waals surface area contributed by atoms with Crippen molar-refractivity contribution in [1.29, 1.82) is 0 Å². The molecule has 0 fully saturated rings. The molecule has 1 amide bonds. The summed E-state index contributed by atoms with van der Waals surface area (Å²) in [7, 11) is 0. The van der Waals surface area contributed by atoms with Crippen LogP contribution in [0.5, 0.6) is 0 Å². The Labute approximate surface area is 153 Å². The van der Waals surface area contributed by atoms with Gasteiger partial charge in [-0.15, -0.1) is 11.3 Å². The lowest BCUT2D eigenvalue weighted by Crippen LogP contribution is -2.30. The average Bonchev–Trinajstić information content (AvgIpc) is 3.05. The smallest absolute Gasteiger partial charge is 0.306 e. The van der Waals surface area contributed by atoms with Crippen molar-refractivity contribution >= 4 is 39.1 Å². The highest BCUT2D eigenvalue weighted by Gasteiger charge is 2.19. The van der Waals surface area contributed by atoms with E-state index in [4.69, 9.17) is 4.74 Å². The highest BCUT2D eigenvalue weighted by atomic mass is 32.1. The Morgan fingerprint density at radius 3 is 2.69 bits per heavy atom. The zero-order valence-electron chi connectivity index (χ0n) is 14.1. The van der Waals surface area contributed by atoms with Crippen LogP contribution in [-0.2, 0) is 20.7 Å². The number of halogens is 1. The number of carbonyl (C=O) groups is 2. The molecule has 1 heterocycles. The summed E-state index contributed by atoms with van der Waals surface area (Å²) in [6.45, 7) is 1.45. The number of amides is 1. The van der Waals surface area contributed by atoms with Crippen LogP contribution in [0.25, 0.3) is 10.2 Å². The van der Waals surface area contributed by atoms with Crippen molar-refractivity contribution in [2.24, 2.45) is 0 Å². The fourth-order valence-electron chi connectivity index (χ4n) is 2.34. The van der Waals surface area contributed by atoms with Crippen molar-refractivity contribution in [1.82, 2.24) is 4.98 Å². The van der Waals surface area contributed by atoms with Crippen molar-refractivity contribution in [3.63, 3.8) is 0 Å². The second-order valence-electron chi connectivity index (χ2n) is 5.68. The highest BCUT2D eigenvalue weighted by Crippen LogP contribution is 2.22. The maximum Gasteiger partial charge on any atom is 0.306 e. The van der Waals surface area contributed by atoms with Crippen LogP contribution < -0.4 is 5.32 Å². The lowest BCUT2D eigenvalue weighted by Gasteiger charge is -2.13. The van der Waals surface area contributed by atoms with Gasteiger partial charge in [0.25, 0.3) is 5.91 Å². The van der Waals surface area contributed by atoms with Crippen LogP contribution in [0.2, 0.25) is 0 Å². The average molecular weight is 372 g/mol. The molecule has 0 saturated carbocycles. The first-order valence-electron chi connectivity index (χ1n) is 8.12. The predicted molar refractivity (Wildman–Crippen MR) is 98.5 cm³/mol. The number of thiazole rings is 1. The molecule has 134 valence electrons. The fraction of sp³-hybridized carbons (Fsp3) is 0.211. The van der Waals surface area contributed by atoms with Crippen molar-refractivity contribution in [2.45, 2.75) is 25.9 Å². The monoisotopic (exact) mass is 372 g/mol. The Hall–Kier alpha value is -2.80. The summed E-state index contributed by atoms with van der Waals surface area (Å²) in [6.07, 6.45) is -0.450. The first kappa shape index (κ1) is 18.0. The first-order valence-corrected chi connectivity index (χ1v) is 8.94. The molecule has 0 aliphatic heterocycles. The Morgan fingerprint density at radius 2 is 1.92 bits per heavy atom. The minimum atomic E-state index is -1.02. The second-order valence-corrected chi connectivity index (χ2v) is 6.79. The molecule has 0 spiro atoms. The Balaban J connectivity index is 1.50. The van der Waals surface area contributed by atoms with Gasteiger partial charge in [0.2, 0.25) is 0 Å². The molecule has 0 aliphatic carbocycles. The summed E-state index contributed by atoms with van der Waals surface area (Å²) >= 11 is 1.53. The number of benzene rings is 2. The molecule has 0 radical (unpaired) electrons. The van der Waals surface area contributed by atoms with Gasteiger partial charge in [-0.05, 0) is 31.2 Å². The van der Waals surface area contributed by atoms with Gasteiger partial charge in [-0.3, -0.25) is 9.59 Å². The van der Waals surface area contributed by atoms with E-state index in [1.165, 1.54) is 36.5 Å². The van der Waals surface area contributed by atoms with E-state index < -0.39 is 23.8 Å². The van der Waals surface area contributed by atoms with Gasteiger partial charge in [0.1, 0.15) is 5.82 Å². The number of hydrogen-bond acceptors (Lipinski definition) is 5. The second kappa shape index (κ2) is 8.05. The molecule has 7 heteroatoms. The molecule has 5 nitrogen and oxygen atoms in total. The number of hydrogen-bond donors (Lipinski definition) is 1. The number of anilines is 1. The minimum absolute atomic E-state index is 0.0508. The van der Waals surface area contributed by atoms with E-state index in [0.29, 0.717) is 6.42 Å². The van der Waals surface area contributed by atoms with Gasteiger partial charge >= 0.3 is 5.97 Å². The zero-order valence-corrected chi connectivity index (χ0v) is 14.9. The maximum atomic E-state index is 13.5. The van der Waals surface area contributed by atoms with E-state index in [-0.39, 0.29) is 12.1 Å². The molecule has 0 aliphatic rings. The maximum absolute atomic E-state index is 13.5. The third kappa shape index (κ3) is 4.43. The number of fused-ring (bicyclic) bond motifs is 1. The number of nitrogens with one attached hydrogen (secondary N) is 1. The molecular formula is C19H17FN2O3S. The van der Waals surface area contributed by atoms with Gasteiger partial charge in [0.15, 0.2) is 6.10 Å². The normalized spacial score (nSPS) is 11.9. The summed E-state index contributed by atoms with van der Waals surface area (Å²) in [5, 5.41) is 3.24. The molecule has 26 heavy (non-hydrogen) atoms. The molecule has 0 saturated heterocycles. The van der Waals surface area contributed by atoms with E-state index in [0.717, 1.165) is 15.2 Å². The quantitative estimate of drug-likeness (QED) is 0.666.